The van der Waals surface area contributed by atoms with E-state index in [0.717, 1.165) is 11.8 Å². The minimum Gasteiger partial charge on any atom is -0.481 e. The van der Waals surface area contributed by atoms with Gasteiger partial charge in [-0.15, -0.1) is 10.2 Å². The minimum atomic E-state index is -0.908. The third-order valence-electron chi connectivity index (χ3n) is 2.84. The second-order valence-electron chi connectivity index (χ2n) is 4.23. The monoisotopic (exact) mass is 300 g/mol. The smallest absolute Gasteiger partial charge is 0.313 e. The van der Waals surface area contributed by atoms with Gasteiger partial charge in [-0.1, -0.05) is 11.8 Å². The lowest BCUT2D eigenvalue weighted by Crippen LogP contribution is -2.40. The molecule has 1 aromatic rings. The summed E-state index contributed by atoms with van der Waals surface area (Å²) < 4.78 is 6.90. The molecule has 0 aromatic carbocycles. The normalized spacial score (nSPS) is 15.3. The summed E-state index contributed by atoms with van der Waals surface area (Å²) in [6.07, 6.45) is 1.86. The molecule has 8 nitrogen and oxygen atoms in total. The van der Waals surface area contributed by atoms with E-state index in [4.69, 9.17) is 9.84 Å². The summed E-state index contributed by atoms with van der Waals surface area (Å²) in [6.45, 7) is 2.87. The van der Waals surface area contributed by atoms with E-state index in [0.29, 0.717) is 44.4 Å². The molecule has 20 heavy (non-hydrogen) atoms. The van der Waals surface area contributed by atoms with Gasteiger partial charge in [-0.05, 0) is 0 Å². The van der Waals surface area contributed by atoms with Crippen LogP contribution in [0.25, 0.3) is 0 Å². The molecule has 0 spiro atoms. The van der Waals surface area contributed by atoms with Crippen molar-refractivity contribution in [1.82, 2.24) is 19.7 Å². The molecule has 9 heteroatoms. The van der Waals surface area contributed by atoms with Gasteiger partial charge in [-0.2, -0.15) is 0 Å². The fraction of sp³-hybridized carbons (Fsp3) is 0.636. The molecule has 2 heterocycles. The molecule has 0 unspecified atom stereocenters. The summed E-state index contributed by atoms with van der Waals surface area (Å²) in [7, 11) is 0. The standard InChI is InChI=1S/C11H16N4O4S/c16-9(14-3-5-19-6-4-14)1-2-15-8-12-13-11(15)20-7-10(17)18/h8H,1-7H2,(H,17,18). The molecular formula is C11H16N4O4S. The molecule has 0 bridgehead atoms. The average molecular weight is 300 g/mol. The van der Waals surface area contributed by atoms with Crippen LogP contribution in [0.4, 0.5) is 0 Å². The van der Waals surface area contributed by atoms with Gasteiger partial charge in [0.05, 0.1) is 19.0 Å². The summed E-state index contributed by atoms with van der Waals surface area (Å²) in [6, 6.07) is 0. The molecule has 1 saturated heterocycles. The van der Waals surface area contributed by atoms with E-state index in [1.165, 1.54) is 6.33 Å². The number of carboxylic acids is 1. The van der Waals surface area contributed by atoms with Crippen LogP contribution in [0.2, 0.25) is 0 Å². The quantitative estimate of drug-likeness (QED) is 0.720. The SMILES string of the molecule is O=C(O)CSc1nncn1CCC(=O)N1CCOCC1. The second-order valence-corrected chi connectivity index (χ2v) is 5.17. The Labute approximate surface area is 120 Å². The van der Waals surface area contributed by atoms with Crippen LogP contribution in [-0.4, -0.2) is 68.7 Å². The Balaban J connectivity index is 1.82. The largest absolute Gasteiger partial charge is 0.481 e. The average Bonchev–Trinajstić information content (AvgIpc) is 2.91. The first-order chi connectivity index (χ1) is 9.66. The van der Waals surface area contributed by atoms with Gasteiger partial charge >= 0.3 is 5.97 Å². The summed E-state index contributed by atoms with van der Waals surface area (Å²) >= 11 is 1.09. The number of aliphatic carboxylic acids is 1. The summed E-state index contributed by atoms with van der Waals surface area (Å²) in [5.41, 5.74) is 0. The predicted molar refractivity (Wildman–Crippen MR) is 70.4 cm³/mol. The topological polar surface area (TPSA) is 97.5 Å². The maximum Gasteiger partial charge on any atom is 0.313 e. The fourth-order valence-corrected chi connectivity index (χ4v) is 2.48. The van der Waals surface area contributed by atoms with E-state index >= 15 is 0 Å². The number of ether oxygens (including phenoxy) is 1. The van der Waals surface area contributed by atoms with Crippen LogP contribution in [0.5, 0.6) is 0 Å². The van der Waals surface area contributed by atoms with E-state index in [9.17, 15) is 9.59 Å². The highest BCUT2D eigenvalue weighted by Crippen LogP contribution is 2.15. The van der Waals surface area contributed by atoms with Crippen molar-refractivity contribution in [2.24, 2.45) is 0 Å². The lowest BCUT2D eigenvalue weighted by atomic mass is 10.3. The van der Waals surface area contributed by atoms with Crippen molar-refractivity contribution in [1.29, 1.82) is 0 Å². The molecule has 0 atom stereocenters. The zero-order valence-electron chi connectivity index (χ0n) is 10.9. The Kier molecular flexibility index (Phi) is 5.36. The Morgan fingerprint density at radius 2 is 2.15 bits per heavy atom. The van der Waals surface area contributed by atoms with Gasteiger partial charge in [0.2, 0.25) is 5.91 Å². The first-order valence-corrected chi connectivity index (χ1v) is 7.23. The number of aromatic nitrogens is 3. The predicted octanol–water partition coefficient (Wildman–Crippen LogP) is -0.296. The van der Waals surface area contributed by atoms with Crippen molar-refractivity contribution in [3.8, 4) is 0 Å². The third kappa shape index (κ3) is 4.20. The van der Waals surface area contributed by atoms with Gasteiger partial charge in [0.25, 0.3) is 0 Å². The number of amides is 1. The number of thioether (sulfide) groups is 1. The Bertz CT molecular complexity index is 473. The van der Waals surface area contributed by atoms with E-state index < -0.39 is 5.97 Å². The van der Waals surface area contributed by atoms with Crippen LogP contribution in [0.15, 0.2) is 11.5 Å². The van der Waals surface area contributed by atoms with Crippen LogP contribution < -0.4 is 0 Å². The lowest BCUT2D eigenvalue weighted by Gasteiger charge is -2.26. The van der Waals surface area contributed by atoms with Crippen LogP contribution in [0, 0.1) is 0 Å². The molecule has 1 amide bonds. The van der Waals surface area contributed by atoms with Gasteiger partial charge in [-0.3, -0.25) is 9.59 Å². The minimum absolute atomic E-state index is 0.0659. The van der Waals surface area contributed by atoms with E-state index in [2.05, 4.69) is 10.2 Å². The third-order valence-corrected chi connectivity index (χ3v) is 3.80. The number of carbonyl (C=O) groups excluding carboxylic acids is 1. The fourth-order valence-electron chi connectivity index (χ4n) is 1.82. The molecule has 1 aliphatic heterocycles. The zero-order chi connectivity index (χ0) is 14.4. The van der Waals surface area contributed by atoms with Crippen molar-refractivity contribution in [3.05, 3.63) is 6.33 Å². The molecule has 110 valence electrons. The number of nitrogens with zero attached hydrogens (tertiary/aromatic N) is 4. The Morgan fingerprint density at radius 3 is 2.85 bits per heavy atom. The van der Waals surface area contributed by atoms with Crippen LogP contribution >= 0.6 is 11.8 Å². The van der Waals surface area contributed by atoms with Crippen molar-refractivity contribution >= 4 is 23.6 Å². The zero-order valence-corrected chi connectivity index (χ0v) is 11.7. The number of hydrogen-bond donors (Lipinski definition) is 1. The molecule has 1 aliphatic rings. The van der Waals surface area contributed by atoms with Crippen molar-refractivity contribution < 1.29 is 19.4 Å². The summed E-state index contributed by atoms with van der Waals surface area (Å²) in [5.74, 6) is -0.916. The summed E-state index contributed by atoms with van der Waals surface area (Å²) in [5, 5.41) is 16.7. The maximum atomic E-state index is 12.0. The number of morpholine rings is 1. The maximum absolute atomic E-state index is 12.0. The van der Waals surface area contributed by atoms with Crippen LogP contribution in [-0.2, 0) is 20.9 Å². The van der Waals surface area contributed by atoms with E-state index in [1.807, 2.05) is 0 Å². The van der Waals surface area contributed by atoms with Gasteiger partial charge in [0.1, 0.15) is 6.33 Å². The molecular weight excluding hydrogens is 284 g/mol. The van der Waals surface area contributed by atoms with Crippen LogP contribution in [0.3, 0.4) is 0 Å². The van der Waals surface area contributed by atoms with Gasteiger partial charge in [-0.25, -0.2) is 0 Å². The number of aryl methyl sites for hydroxylation is 1. The summed E-state index contributed by atoms with van der Waals surface area (Å²) in [4.78, 5) is 24.3. The number of carbonyl (C=O) groups is 2. The number of hydrogen-bond acceptors (Lipinski definition) is 6. The second kappa shape index (κ2) is 7.25. The highest BCUT2D eigenvalue weighted by molar-refractivity contribution is 7.99. The molecule has 2 rings (SSSR count). The molecule has 0 radical (unpaired) electrons. The van der Waals surface area contributed by atoms with E-state index in [-0.39, 0.29) is 11.7 Å². The first kappa shape index (κ1) is 14.8. The van der Waals surface area contributed by atoms with Crippen molar-refractivity contribution in [2.45, 2.75) is 18.1 Å². The first-order valence-electron chi connectivity index (χ1n) is 6.25. The molecule has 0 saturated carbocycles. The molecule has 1 fully saturated rings. The number of rotatable bonds is 6. The van der Waals surface area contributed by atoms with Crippen molar-refractivity contribution in [3.63, 3.8) is 0 Å². The van der Waals surface area contributed by atoms with Crippen molar-refractivity contribution in [2.75, 3.05) is 32.1 Å². The van der Waals surface area contributed by atoms with Gasteiger partial charge < -0.3 is 19.3 Å². The molecule has 0 aliphatic carbocycles. The van der Waals surface area contributed by atoms with Gasteiger partial charge in [0, 0.05) is 26.1 Å². The van der Waals surface area contributed by atoms with Gasteiger partial charge in [0.15, 0.2) is 5.16 Å². The lowest BCUT2D eigenvalue weighted by molar-refractivity contribution is -0.135. The number of carboxylic acid groups (broad SMARTS) is 1. The highest BCUT2D eigenvalue weighted by atomic mass is 32.2. The van der Waals surface area contributed by atoms with Crippen LogP contribution in [0.1, 0.15) is 6.42 Å². The molecule has 1 aromatic heterocycles. The Morgan fingerprint density at radius 1 is 1.40 bits per heavy atom. The molecule has 1 N–H and O–H groups in total. The highest BCUT2D eigenvalue weighted by Gasteiger charge is 2.17. The van der Waals surface area contributed by atoms with E-state index in [1.54, 1.807) is 9.47 Å². The Hall–Kier alpha value is -1.61.